The maximum atomic E-state index is 12.4. The molecule has 1 rings (SSSR count). The average molecular weight is 274 g/mol. The molecule has 1 aromatic rings. The number of hydrogen-bond acceptors (Lipinski definition) is 2. The number of alkyl halides is 3. The molecule has 1 amide bonds. The van der Waals surface area contributed by atoms with Crippen molar-refractivity contribution >= 4 is 11.6 Å². The van der Waals surface area contributed by atoms with Crippen LogP contribution < -0.4 is 11.1 Å². The molecular weight excluding hydrogens is 257 g/mol. The Labute approximate surface area is 110 Å². The predicted octanol–water partition coefficient (Wildman–Crippen LogP) is 3.16. The van der Waals surface area contributed by atoms with Gasteiger partial charge in [-0.1, -0.05) is 6.92 Å². The number of amides is 1. The molecule has 0 saturated carbocycles. The van der Waals surface area contributed by atoms with E-state index < -0.39 is 11.7 Å². The number of hydrogen-bond donors (Lipinski definition) is 2. The second kappa shape index (κ2) is 6.45. The summed E-state index contributed by atoms with van der Waals surface area (Å²) in [5.41, 5.74) is 4.99. The van der Waals surface area contributed by atoms with Crippen LogP contribution in [0.4, 0.5) is 18.9 Å². The van der Waals surface area contributed by atoms with Crippen LogP contribution in [0.3, 0.4) is 0 Å². The Morgan fingerprint density at radius 1 is 1.32 bits per heavy atom. The first kappa shape index (κ1) is 15.3. The lowest BCUT2D eigenvalue weighted by atomic mass is 10.1. The zero-order chi connectivity index (χ0) is 14.5. The number of carbonyl (C=O) groups excluding carboxylic acids is 1. The summed E-state index contributed by atoms with van der Waals surface area (Å²) in [6, 6.07) is 4.85. The number of halogens is 3. The Morgan fingerprint density at radius 3 is 2.32 bits per heavy atom. The molecule has 1 atom stereocenters. The molecular formula is C13H17F3N2O. The highest BCUT2D eigenvalue weighted by atomic mass is 19.4. The van der Waals surface area contributed by atoms with E-state index in [-0.39, 0.29) is 18.4 Å². The van der Waals surface area contributed by atoms with E-state index in [1.165, 1.54) is 12.1 Å². The molecule has 0 heterocycles. The number of benzene rings is 1. The summed E-state index contributed by atoms with van der Waals surface area (Å²) in [4.78, 5) is 10.7. The Kier molecular flexibility index (Phi) is 5.20. The number of anilines is 1. The van der Waals surface area contributed by atoms with Crippen LogP contribution in [-0.2, 0) is 11.0 Å². The van der Waals surface area contributed by atoms with Crippen molar-refractivity contribution < 1.29 is 18.0 Å². The van der Waals surface area contributed by atoms with Gasteiger partial charge in [0.15, 0.2) is 0 Å². The number of carbonyl (C=O) groups is 1. The molecule has 0 aliphatic heterocycles. The summed E-state index contributed by atoms with van der Waals surface area (Å²) in [5.74, 6) is -0.382. The molecule has 0 radical (unpaired) electrons. The molecule has 106 valence electrons. The van der Waals surface area contributed by atoms with E-state index >= 15 is 0 Å². The number of nitrogens with one attached hydrogen (secondary N) is 1. The molecule has 1 unspecified atom stereocenters. The molecule has 0 aliphatic carbocycles. The van der Waals surface area contributed by atoms with Crippen LogP contribution in [0.25, 0.3) is 0 Å². The monoisotopic (exact) mass is 274 g/mol. The first-order chi connectivity index (χ1) is 8.82. The molecule has 0 bridgehead atoms. The predicted molar refractivity (Wildman–Crippen MR) is 67.6 cm³/mol. The third kappa shape index (κ3) is 5.19. The maximum absolute atomic E-state index is 12.4. The highest BCUT2D eigenvalue weighted by Crippen LogP contribution is 2.30. The number of primary amides is 1. The van der Waals surface area contributed by atoms with Gasteiger partial charge in [-0.25, -0.2) is 0 Å². The van der Waals surface area contributed by atoms with Crippen LogP contribution in [0.2, 0.25) is 0 Å². The Balaban J connectivity index is 2.63. The molecule has 0 saturated heterocycles. The third-order valence-corrected chi connectivity index (χ3v) is 2.82. The maximum Gasteiger partial charge on any atom is 0.416 e. The van der Waals surface area contributed by atoms with Crippen molar-refractivity contribution in [1.82, 2.24) is 0 Å². The van der Waals surface area contributed by atoms with Crippen LogP contribution in [0, 0.1) is 0 Å². The molecule has 0 spiro atoms. The van der Waals surface area contributed by atoms with Crippen LogP contribution in [-0.4, -0.2) is 11.9 Å². The molecule has 0 aliphatic rings. The first-order valence-electron chi connectivity index (χ1n) is 6.05. The Hall–Kier alpha value is -1.72. The van der Waals surface area contributed by atoms with Crippen LogP contribution in [0.5, 0.6) is 0 Å². The lowest BCUT2D eigenvalue weighted by molar-refractivity contribution is -0.137. The lowest BCUT2D eigenvalue weighted by Gasteiger charge is -2.18. The minimum Gasteiger partial charge on any atom is -0.382 e. The van der Waals surface area contributed by atoms with Gasteiger partial charge in [-0.15, -0.1) is 0 Å². The van der Waals surface area contributed by atoms with Gasteiger partial charge in [0.25, 0.3) is 0 Å². The lowest BCUT2D eigenvalue weighted by Crippen LogP contribution is -2.22. The van der Waals surface area contributed by atoms with Crippen molar-refractivity contribution in [1.29, 1.82) is 0 Å². The van der Waals surface area contributed by atoms with Gasteiger partial charge in [-0.3, -0.25) is 4.79 Å². The number of rotatable bonds is 6. The average Bonchev–Trinajstić information content (AvgIpc) is 2.33. The van der Waals surface area contributed by atoms with Crippen molar-refractivity contribution in [3.8, 4) is 0 Å². The summed E-state index contributed by atoms with van der Waals surface area (Å²) in [7, 11) is 0. The van der Waals surface area contributed by atoms with E-state index in [1.54, 1.807) is 0 Å². The fourth-order valence-corrected chi connectivity index (χ4v) is 1.69. The van der Waals surface area contributed by atoms with Crippen molar-refractivity contribution in [2.75, 3.05) is 5.32 Å². The summed E-state index contributed by atoms with van der Waals surface area (Å²) >= 11 is 0. The van der Waals surface area contributed by atoms with Crippen molar-refractivity contribution in [2.24, 2.45) is 5.73 Å². The zero-order valence-electron chi connectivity index (χ0n) is 10.6. The van der Waals surface area contributed by atoms with E-state index in [4.69, 9.17) is 5.73 Å². The van der Waals surface area contributed by atoms with Gasteiger partial charge in [0.2, 0.25) is 5.91 Å². The standard InChI is InChI=1S/C13H17F3N2O/c1-2-10(7-8-12(17)19)18-11-5-3-9(4-6-11)13(14,15)16/h3-6,10,18H,2,7-8H2,1H3,(H2,17,19). The highest BCUT2D eigenvalue weighted by molar-refractivity contribution is 5.73. The normalized spacial score (nSPS) is 13.1. The van der Waals surface area contributed by atoms with Gasteiger partial charge in [-0.05, 0) is 37.1 Å². The van der Waals surface area contributed by atoms with E-state index in [1.807, 2.05) is 6.92 Å². The second-order valence-corrected chi connectivity index (χ2v) is 4.33. The molecule has 3 N–H and O–H groups in total. The fraction of sp³-hybridized carbons (Fsp3) is 0.462. The van der Waals surface area contributed by atoms with Crippen molar-refractivity contribution in [2.45, 2.75) is 38.4 Å². The smallest absolute Gasteiger partial charge is 0.382 e. The summed E-state index contributed by atoms with van der Waals surface area (Å²) < 4.78 is 37.2. The molecule has 1 aromatic carbocycles. The van der Waals surface area contributed by atoms with Gasteiger partial charge in [0, 0.05) is 18.2 Å². The van der Waals surface area contributed by atoms with Crippen molar-refractivity contribution in [3.63, 3.8) is 0 Å². The van der Waals surface area contributed by atoms with Gasteiger partial charge >= 0.3 is 6.18 Å². The Bertz CT molecular complexity index is 415. The highest BCUT2D eigenvalue weighted by Gasteiger charge is 2.29. The minimum atomic E-state index is -4.32. The summed E-state index contributed by atoms with van der Waals surface area (Å²) in [5, 5.41) is 3.09. The summed E-state index contributed by atoms with van der Waals surface area (Å²) in [6.45, 7) is 1.93. The minimum absolute atomic E-state index is 0.0178. The van der Waals surface area contributed by atoms with Crippen LogP contribution >= 0.6 is 0 Å². The van der Waals surface area contributed by atoms with Crippen molar-refractivity contribution in [3.05, 3.63) is 29.8 Å². The molecule has 19 heavy (non-hydrogen) atoms. The molecule has 0 aromatic heterocycles. The third-order valence-electron chi connectivity index (χ3n) is 2.82. The van der Waals surface area contributed by atoms with Gasteiger partial charge < -0.3 is 11.1 Å². The topological polar surface area (TPSA) is 55.1 Å². The van der Waals surface area contributed by atoms with Crippen LogP contribution in [0.15, 0.2) is 24.3 Å². The van der Waals surface area contributed by atoms with E-state index in [0.29, 0.717) is 12.1 Å². The van der Waals surface area contributed by atoms with Gasteiger partial charge in [-0.2, -0.15) is 13.2 Å². The largest absolute Gasteiger partial charge is 0.416 e. The van der Waals surface area contributed by atoms with Gasteiger partial charge in [0.1, 0.15) is 0 Å². The first-order valence-corrected chi connectivity index (χ1v) is 6.05. The molecule has 0 fully saturated rings. The SMILES string of the molecule is CCC(CCC(N)=O)Nc1ccc(C(F)(F)F)cc1. The Morgan fingerprint density at radius 2 is 1.89 bits per heavy atom. The van der Waals surface area contributed by atoms with E-state index in [2.05, 4.69) is 5.32 Å². The zero-order valence-corrected chi connectivity index (χ0v) is 10.6. The number of nitrogens with two attached hydrogens (primary N) is 1. The molecule has 6 heteroatoms. The van der Waals surface area contributed by atoms with E-state index in [0.717, 1.165) is 18.6 Å². The van der Waals surface area contributed by atoms with Gasteiger partial charge in [0.05, 0.1) is 5.56 Å². The fourth-order valence-electron chi connectivity index (χ4n) is 1.69. The second-order valence-electron chi connectivity index (χ2n) is 4.33. The molecule has 3 nitrogen and oxygen atoms in total. The van der Waals surface area contributed by atoms with Crippen LogP contribution in [0.1, 0.15) is 31.7 Å². The summed E-state index contributed by atoms with van der Waals surface area (Å²) in [6.07, 6.45) is -2.75. The quantitative estimate of drug-likeness (QED) is 0.837. The van der Waals surface area contributed by atoms with E-state index in [9.17, 15) is 18.0 Å².